The van der Waals surface area contributed by atoms with Crippen LogP contribution in [0.3, 0.4) is 0 Å². The number of thioether (sulfide) groups is 1. The Hall–Kier alpha value is -2.42. The lowest BCUT2D eigenvalue weighted by molar-refractivity contribution is -0.126. The van der Waals surface area contributed by atoms with Crippen LogP contribution >= 0.6 is 23.4 Å². The third kappa shape index (κ3) is 7.55. The van der Waals surface area contributed by atoms with Gasteiger partial charge in [0.05, 0.1) is 12.5 Å². The van der Waals surface area contributed by atoms with Crippen molar-refractivity contribution in [3.8, 4) is 11.4 Å². The van der Waals surface area contributed by atoms with Gasteiger partial charge in [0, 0.05) is 40.7 Å². The highest BCUT2D eigenvalue weighted by atomic mass is 35.5. The summed E-state index contributed by atoms with van der Waals surface area (Å²) in [5.74, 6) is 1.99. The summed E-state index contributed by atoms with van der Waals surface area (Å²) >= 11 is 7.63. The number of aromatic nitrogens is 2. The number of piperidine rings is 1. The summed E-state index contributed by atoms with van der Waals surface area (Å²) in [7, 11) is 0. The Morgan fingerprint density at radius 3 is 2.76 bits per heavy atom. The monoisotopic (exact) mass is 544 g/mol. The fraction of sp³-hybridized carbons (Fsp3) is 0.464. The van der Waals surface area contributed by atoms with E-state index >= 15 is 0 Å². The second-order valence-corrected chi connectivity index (χ2v) is 12.0. The molecule has 1 fully saturated rings. The average Bonchev–Trinajstić information content (AvgIpc) is 3.33. The van der Waals surface area contributed by atoms with Gasteiger partial charge in [0.25, 0.3) is 0 Å². The van der Waals surface area contributed by atoms with E-state index in [-0.39, 0.29) is 23.1 Å². The molecule has 1 unspecified atom stereocenters. The lowest BCUT2D eigenvalue weighted by Crippen LogP contribution is -2.43. The van der Waals surface area contributed by atoms with Crippen molar-refractivity contribution < 1.29 is 13.7 Å². The number of likely N-dealkylation sites (tertiary alicyclic amines) is 1. The molecular weight excluding hydrogens is 511 g/mol. The number of nitrogens with one attached hydrogen (secondary N) is 1. The summed E-state index contributed by atoms with van der Waals surface area (Å²) in [4.78, 5) is 19.5. The number of amides is 1. The van der Waals surface area contributed by atoms with Gasteiger partial charge in [-0.15, -0.1) is 0 Å². The van der Waals surface area contributed by atoms with Crippen molar-refractivity contribution in [2.75, 3.05) is 25.4 Å². The zero-order valence-electron chi connectivity index (χ0n) is 21.6. The predicted molar refractivity (Wildman–Crippen MR) is 147 cm³/mol. The van der Waals surface area contributed by atoms with Crippen molar-refractivity contribution in [2.45, 2.75) is 51.3 Å². The van der Waals surface area contributed by atoms with Crippen LogP contribution in [-0.4, -0.2) is 46.3 Å². The average molecular weight is 545 g/mol. The molecule has 0 saturated carbocycles. The molecule has 2 heterocycles. The van der Waals surface area contributed by atoms with Crippen LogP contribution in [0.4, 0.5) is 4.39 Å². The van der Waals surface area contributed by atoms with Gasteiger partial charge in [-0.25, -0.2) is 4.39 Å². The summed E-state index contributed by atoms with van der Waals surface area (Å²) in [5.41, 5.74) is 2.78. The maximum Gasteiger partial charge on any atom is 0.241 e. The molecule has 0 spiro atoms. The van der Waals surface area contributed by atoms with E-state index in [0.29, 0.717) is 53.4 Å². The topological polar surface area (TPSA) is 71.3 Å². The van der Waals surface area contributed by atoms with E-state index in [9.17, 15) is 9.18 Å². The highest BCUT2D eigenvalue weighted by Crippen LogP contribution is 2.26. The predicted octanol–water partition coefficient (Wildman–Crippen LogP) is 6.09. The van der Waals surface area contributed by atoms with Gasteiger partial charge < -0.3 is 9.84 Å². The molecule has 0 bridgehead atoms. The minimum Gasteiger partial charge on any atom is -0.355 e. The largest absolute Gasteiger partial charge is 0.355 e. The molecule has 1 amide bonds. The van der Waals surface area contributed by atoms with Crippen molar-refractivity contribution in [2.24, 2.45) is 5.92 Å². The molecule has 1 N–H and O–H groups in total. The quantitative estimate of drug-likeness (QED) is 0.329. The van der Waals surface area contributed by atoms with Gasteiger partial charge in [0.1, 0.15) is 5.82 Å². The molecule has 0 radical (unpaired) electrons. The minimum atomic E-state index is -0.293. The van der Waals surface area contributed by atoms with E-state index in [0.717, 1.165) is 24.9 Å². The molecule has 198 valence electrons. The van der Waals surface area contributed by atoms with Gasteiger partial charge in [0.2, 0.25) is 17.6 Å². The van der Waals surface area contributed by atoms with Crippen LogP contribution in [-0.2, 0) is 22.5 Å². The smallest absolute Gasteiger partial charge is 0.241 e. The highest BCUT2D eigenvalue weighted by molar-refractivity contribution is 7.98. The fourth-order valence-electron chi connectivity index (χ4n) is 4.40. The molecule has 3 aromatic rings. The molecule has 37 heavy (non-hydrogen) atoms. The molecule has 1 atom stereocenters. The number of rotatable bonds is 9. The van der Waals surface area contributed by atoms with E-state index in [1.807, 2.05) is 12.1 Å². The molecule has 4 rings (SSSR count). The second-order valence-electron chi connectivity index (χ2n) is 10.5. The van der Waals surface area contributed by atoms with Gasteiger partial charge in [0.15, 0.2) is 0 Å². The van der Waals surface area contributed by atoms with Gasteiger partial charge in [-0.2, -0.15) is 16.7 Å². The van der Waals surface area contributed by atoms with E-state index in [1.165, 1.54) is 11.6 Å². The van der Waals surface area contributed by atoms with Crippen LogP contribution in [0.5, 0.6) is 0 Å². The highest BCUT2D eigenvalue weighted by Gasteiger charge is 2.27. The van der Waals surface area contributed by atoms with E-state index in [2.05, 4.69) is 53.3 Å². The Morgan fingerprint density at radius 2 is 2.03 bits per heavy atom. The lowest BCUT2D eigenvalue weighted by Gasteiger charge is -2.30. The summed E-state index contributed by atoms with van der Waals surface area (Å²) in [6.45, 7) is 9.16. The van der Waals surface area contributed by atoms with Gasteiger partial charge >= 0.3 is 0 Å². The lowest BCUT2D eigenvalue weighted by atomic mass is 9.87. The van der Waals surface area contributed by atoms with Crippen molar-refractivity contribution in [3.05, 3.63) is 70.3 Å². The number of carbonyl (C=O) groups excluding carboxylic acids is 1. The summed E-state index contributed by atoms with van der Waals surface area (Å²) in [5, 5.41) is 7.63. The first kappa shape index (κ1) is 27.6. The molecular formula is C28H34ClFN4O2S. The Morgan fingerprint density at radius 1 is 1.24 bits per heavy atom. The second kappa shape index (κ2) is 12.4. The number of hydrogen-bond donors (Lipinski definition) is 1. The third-order valence-corrected chi connectivity index (χ3v) is 7.91. The SMILES string of the molecule is CC(C)(C)c1ccc(-c2noc(CN3CCCC(C(=O)NCCSCc4c(F)cccc4Cl)C3)n2)cc1. The summed E-state index contributed by atoms with van der Waals surface area (Å²) in [6, 6.07) is 13.0. The van der Waals surface area contributed by atoms with Crippen molar-refractivity contribution in [1.82, 2.24) is 20.4 Å². The molecule has 6 nitrogen and oxygen atoms in total. The fourth-order valence-corrected chi connectivity index (χ4v) is 5.59. The zero-order valence-corrected chi connectivity index (χ0v) is 23.2. The van der Waals surface area contributed by atoms with Crippen LogP contribution in [0.2, 0.25) is 5.02 Å². The number of benzene rings is 2. The van der Waals surface area contributed by atoms with Crippen LogP contribution < -0.4 is 5.32 Å². The van der Waals surface area contributed by atoms with Crippen LogP contribution in [0.15, 0.2) is 47.0 Å². The first-order valence-corrected chi connectivity index (χ1v) is 14.2. The van der Waals surface area contributed by atoms with E-state index < -0.39 is 0 Å². The molecule has 0 aliphatic carbocycles. The normalized spacial score (nSPS) is 16.6. The molecule has 2 aromatic carbocycles. The number of hydrogen-bond acceptors (Lipinski definition) is 6. The summed E-state index contributed by atoms with van der Waals surface area (Å²) in [6.07, 6.45) is 1.80. The minimum absolute atomic E-state index is 0.0550. The third-order valence-electron chi connectivity index (χ3n) is 6.57. The standard InChI is InChI=1S/C28H34ClFN4O2S/c1-28(2,3)21-11-9-19(10-12-21)26-32-25(36-33-26)17-34-14-5-6-20(16-34)27(35)31-13-15-37-18-22-23(29)7-4-8-24(22)30/h4,7-12,20H,5-6,13-18H2,1-3H3,(H,31,35). The maximum atomic E-state index is 13.9. The summed E-state index contributed by atoms with van der Waals surface area (Å²) < 4.78 is 19.4. The van der Waals surface area contributed by atoms with Crippen LogP contribution in [0.25, 0.3) is 11.4 Å². The Labute approximate surface area is 227 Å². The maximum absolute atomic E-state index is 13.9. The Bertz CT molecular complexity index is 1180. The molecule has 1 aliphatic rings. The molecule has 1 aliphatic heterocycles. The number of carbonyl (C=O) groups is 1. The molecule has 1 aromatic heterocycles. The van der Waals surface area contributed by atoms with Gasteiger partial charge in [-0.3, -0.25) is 9.69 Å². The van der Waals surface area contributed by atoms with Crippen LogP contribution in [0.1, 0.15) is 50.6 Å². The van der Waals surface area contributed by atoms with Gasteiger partial charge in [-0.1, -0.05) is 67.9 Å². The first-order valence-electron chi connectivity index (χ1n) is 12.6. The molecule has 9 heteroatoms. The Kier molecular flexibility index (Phi) is 9.27. The van der Waals surface area contributed by atoms with Gasteiger partial charge in [-0.05, 0) is 42.5 Å². The molecule has 1 saturated heterocycles. The number of nitrogens with zero attached hydrogens (tertiary/aromatic N) is 3. The van der Waals surface area contributed by atoms with E-state index in [1.54, 1.807) is 23.9 Å². The van der Waals surface area contributed by atoms with Crippen LogP contribution in [0, 0.1) is 11.7 Å². The van der Waals surface area contributed by atoms with E-state index in [4.69, 9.17) is 16.1 Å². The number of halogens is 2. The van der Waals surface area contributed by atoms with Crippen molar-refractivity contribution >= 4 is 29.3 Å². The zero-order chi connectivity index (χ0) is 26.4. The van der Waals surface area contributed by atoms with Crippen molar-refractivity contribution in [3.63, 3.8) is 0 Å². The first-order chi connectivity index (χ1) is 17.7. The Balaban J connectivity index is 1.22. The van der Waals surface area contributed by atoms with Crippen molar-refractivity contribution in [1.29, 1.82) is 0 Å².